The summed E-state index contributed by atoms with van der Waals surface area (Å²) in [6.07, 6.45) is 0.173. The van der Waals surface area contributed by atoms with Crippen LogP contribution in [-0.2, 0) is 21.3 Å². The molecule has 1 amide bonds. The van der Waals surface area contributed by atoms with Crippen LogP contribution in [0.5, 0.6) is 0 Å². The van der Waals surface area contributed by atoms with Gasteiger partial charge in [0.2, 0.25) is 5.91 Å². The van der Waals surface area contributed by atoms with Crippen LogP contribution in [0.4, 0.5) is 5.69 Å². The summed E-state index contributed by atoms with van der Waals surface area (Å²) >= 11 is 0. The Morgan fingerprint density at radius 1 is 1.00 bits per heavy atom. The molecule has 2 atom stereocenters. The largest absolute Gasteiger partial charge is 0.326 e. The summed E-state index contributed by atoms with van der Waals surface area (Å²) in [5, 5.41) is 2.94. The van der Waals surface area contributed by atoms with Crippen LogP contribution in [0.2, 0.25) is 0 Å². The highest BCUT2D eigenvalue weighted by molar-refractivity contribution is 7.84. The van der Waals surface area contributed by atoms with Gasteiger partial charge in [-0.2, -0.15) is 0 Å². The lowest BCUT2D eigenvalue weighted by Crippen LogP contribution is -2.48. The average molecular weight is 373 g/mol. The molecule has 0 fully saturated rings. The normalized spacial score (nSPS) is 15.1. The lowest BCUT2D eigenvalue weighted by molar-refractivity contribution is -0.117. The van der Waals surface area contributed by atoms with Crippen LogP contribution in [0.25, 0.3) is 0 Å². The number of anilines is 1. The molecule has 140 valence electrons. The van der Waals surface area contributed by atoms with Gasteiger partial charge in [0.25, 0.3) is 0 Å². The highest BCUT2D eigenvalue weighted by Crippen LogP contribution is 2.28. The third-order valence-electron chi connectivity index (χ3n) is 4.10. The molecule has 0 saturated heterocycles. The SMILES string of the molecule is Cc1cccc(NC(=O)C[C@@](C)(NS(=O)C(C)(C)C)c2ccccc2)c1. The maximum Gasteiger partial charge on any atom is 0.226 e. The van der Waals surface area contributed by atoms with Crippen molar-refractivity contribution in [2.45, 2.75) is 51.3 Å². The van der Waals surface area contributed by atoms with Gasteiger partial charge in [0, 0.05) is 12.1 Å². The number of benzene rings is 2. The number of hydrogen-bond donors (Lipinski definition) is 2. The number of aryl methyl sites for hydroxylation is 1. The highest BCUT2D eigenvalue weighted by atomic mass is 32.2. The smallest absolute Gasteiger partial charge is 0.226 e. The summed E-state index contributed by atoms with van der Waals surface area (Å²) < 4.78 is 15.5. The molecule has 4 nitrogen and oxygen atoms in total. The number of nitrogens with one attached hydrogen (secondary N) is 2. The van der Waals surface area contributed by atoms with E-state index in [0.29, 0.717) is 0 Å². The van der Waals surface area contributed by atoms with E-state index in [0.717, 1.165) is 16.8 Å². The Labute approximate surface area is 159 Å². The molecule has 0 heterocycles. The number of carbonyl (C=O) groups is 1. The van der Waals surface area contributed by atoms with Crippen molar-refractivity contribution in [1.82, 2.24) is 4.72 Å². The summed E-state index contributed by atoms with van der Waals surface area (Å²) in [4.78, 5) is 12.7. The number of rotatable bonds is 6. The average Bonchev–Trinajstić information content (AvgIpc) is 2.54. The van der Waals surface area contributed by atoms with Crippen LogP contribution in [-0.4, -0.2) is 14.9 Å². The standard InChI is InChI=1S/C21H28N2O2S/c1-16-10-9-13-18(14-16)22-19(24)15-21(5,17-11-7-6-8-12-17)23-26(25)20(2,3)4/h6-14,23H,15H2,1-5H3,(H,22,24)/t21-,26?/m1/s1. The van der Waals surface area contributed by atoms with Crippen molar-refractivity contribution in [3.63, 3.8) is 0 Å². The van der Waals surface area contributed by atoms with Crippen LogP contribution < -0.4 is 10.0 Å². The first-order valence-electron chi connectivity index (χ1n) is 8.72. The Hall–Kier alpha value is -1.98. The Morgan fingerprint density at radius 3 is 2.23 bits per heavy atom. The molecule has 2 N–H and O–H groups in total. The van der Waals surface area contributed by atoms with Crippen molar-refractivity contribution < 1.29 is 9.00 Å². The first-order valence-corrected chi connectivity index (χ1v) is 9.87. The van der Waals surface area contributed by atoms with E-state index in [1.165, 1.54) is 0 Å². The lowest BCUT2D eigenvalue weighted by atomic mass is 9.89. The number of carbonyl (C=O) groups excluding carboxylic acids is 1. The fourth-order valence-corrected chi connectivity index (χ4v) is 3.52. The van der Waals surface area contributed by atoms with E-state index in [4.69, 9.17) is 0 Å². The van der Waals surface area contributed by atoms with Crippen molar-refractivity contribution in [1.29, 1.82) is 0 Å². The molecule has 0 radical (unpaired) electrons. The maximum absolute atomic E-state index is 12.7. The summed E-state index contributed by atoms with van der Waals surface area (Å²) in [6, 6.07) is 17.4. The van der Waals surface area contributed by atoms with Gasteiger partial charge in [-0.15, -0.1) is 0 Å². The summed E-state index contributed by atoms with van der Waals surface area (Å²) in [6.45, 7) is 9.64. The van der Waals surface area contributed by atoms with Crippen LogP contribution in [0.3, 0.4) is 0 Å². The molecule has 5 heteroatoms. The van der Waals surface area contributed by atoms with E-state index < -0.39 is 21.3 Å². The zero-order valence-corrected chi connectivity index (χ0v) is 16.9. The first kappa shape index (κ1) is 20.3. The van der Waals surface area contributed by atoms with Crippen molar-refractivity contribution in [2.75, 3.05) is 5.32 Å². The minimum Gasteiger partial charge on any atom is -0.326 e. The van der Waals surface area contributed by atoms with Gasteiger partial charge in [0.15, 0.2) is 0 Å². The molecule has 2 aromatic rings. The van der Waals surface area contributed by atoms with E-state index in [1.807, 2.05) is 89.2 Å². The van der Waals surface area contributed by atoms with Gasteiger partial charge in [0.1, 0.15) is 0 Å². The number of hydrogen-bond acceptors (Lipinski definition) is 2. The fourth-order valence-electron chi connectivity index (χ4n) is 2.61. The van der Waals surface area contributed by atoms with Gasteiger partial charge < -0.3 is 5.32 Å². The highest BCUT2D eigenvalue weighted by Gasteiger charge is 2.34. The molecule has 0 spiro atoms. The topological polar surface area (TPSA) is 58.2 Å². The minimum absolute atomic E-state index is 0.125. The van der Waals surface area contributed by atoms with Gasteiger partial charge in [-0.25, -0.2) is 8.93 Å². The molecular weight excluding hydrogens is 344 g/mol. The summed E-state index contributed by atoms with van der Waals surface area (Å²) in [7, 11) is -1.30. The third-order valence-corrected chi connectivity index (χ3v) is 5.85. The summed E-state index contributed by atoms with van der Waals surface area (Å²) in [5.41, 5.74) is 2.03. The second-order valence-corrected chi connectivity index (χ2v) is 9.74. The van der Waals surface area contributed by atoms with Gasteiger partial charge in [0.05, 0.1) is 21.3 Å². The van der Waals surface area contributed by atoms with Crippen molar-refractivity contribution >= 4 is 22.6 Å². The van der Waals surface area contributed by atoms with Gasteiger partial charge in [-0.05, 0) is 57.9 Å². The molecule has 0 bridgehead atoms. The van der Waals surface area contributed by atoms with E-state index >= 15 is 0 Å². The quantitative estimate of drug-likeness (QED) is 0.795. The van der Waals surface area contributed by atoms with E-state index in [2.05, 4.69) is 10.0 Å². The van der Waals surface area contributed by atoms with E-state index in [-0.39, 0.29) is 12.3 Å². The molecular formula is C21H28N2O2S. The Morgan fingerprint density at radius 2 is 1.65 bits per heavy atom. The molecule has 2 rings (SSSR count). The Balaban J connectivity index is 2.23. The van der Waals surface area contributed by atoms with Crippen molar-refractivity contribution in [2.24, 2.45) is 0 Å². The molecule has 0 aliphatic rings. The van der Waals surface area contributed by atoms with E-state index in [9.17, 15) is 9.00 Å². The second-order valence-electron chi connectivity index (χ2n) is 7.78. The summed E-state index contributed by atoms with van der Waals surface area (Å²) in [5.74, 6) is -0.125. The van der Waals surface area contributed by atoms with E-state index in [1.54, 1.807) is 0 Å². The van der Waals surface area contributed by atoms with Gasteiger partial charge in [-0.1, -0.05) is 42.5 Å². The van der Waals surface area contributed by atoms with Crippen molar-refractivity contribution in [3.8, 4) is 0 Å². The molecule has 26 heavy (non-hydrogen) atoms. The monoisotopic (exact) mass is 372 g/mol. The van der Waals surface area contributed by atoms with Crippen LogP contribution in [0.1, 0.15) is 45.2 Å². The Bertz CT molecular complexity index is 784. The molecule has 0 aliphatic heterocycles. The van der Waals surface area contributed by atoms with Gasteiger partial charge in [-0.3, -0.25) is 4.79 Å². The lowest BCUT2D eigenvalue weighted by Gasteiger charge is -2.33. The molecule has 1 unspecified atom stereocenters. The number of amides is 1. The van der Waals surface area contributed by atoms with Crippen LogP contribution in [0.15, 0.2) is 54.6 Å². The second kappa shape index (κ2) is 8.14. The zero-order valence-electron chi connectivity index (χ0n) is 16.1. The van der Waals surface area contributed by atoms with Crippen LogP contribution >= 0.6 is 0 Å². The predicted molar refractivity (Wildman–Crippen MR) is 109 cm³/mol. The van der Waals surface area contributed by atoms with Crippen molar-refractivity contribution in [3.05, 3.63) is 65.7 Å². The zero-order chi connectivity index (χ0) is 19.4. The molecule has 0 aromatic heterocycles. The first-order chi connectivity index (χ1) is 12.1. The molecule has 0 aliphatic carbocycles. The third kappa shape index (κ3) is 5.51. The minimum atomic E-state index is -1.30. The maximum atomic E-state index is 12.7. The molecule has 2 aromatic carbocycles. The fraction of sp³-hybridized carbons (Fsp3) is 0.381. The predicted octanol–water partition coefficient (Wildman–Crippen LogP) is 4.29. The van der Waals surface area contributed by atoms with Crippen LogP contribution in [0, 0.1) is 6.92 Å². The Kier molecular flexibility index (Phi) is 6.37. The molecule has 0 saturated carbocycles. The van der Waals surface area contributed by atoms with Gasteiger partial charge >= 0.3 is 0 Å².